The normalized spacial score (nSPS) is 23.5. The van der Waals surface area contributed by atoms with Crippen LogP contribution >= 0.6 is 0 Å². The zero-order chi connectivity index (χ0) is 19.6. The lowest BCUT2D eigenvalue weighted by Gasteiger charge is -2.34. The minimum Gasteiger partial charge on any atom is -0.492 e. The molecule has 5 nitrogen and oxygen atoms in total. The molecule has 0 amide bonds. The second-order valence-corrected chi connectivity index (χ2v) is 9.26. The second kappa shape index (κ2) is 8.23. The summed E-state index contributed by atoms with van der Waals surface area (Å²) in [5.74, 6) is 0.714. The molecule has 2 aliphatic heterocycles. The highest BCUT2D eigenvalue weighted by Crippen LogP contribution is 2.37. The summed E-state index contributed by atoms with van der Waals surface area (Å²) >= 11 is 0. The molecule has 150 valence electrons. The van der Waals surface area contributed by atoms with Gasteiger partial charge in [-0.1, -0.05) is 42.3 Å². The fourth-order valence-electron chi connectivity index (χ4n) is 4.05. The number of hydrogen-bond donors (Lipinski definition) is 0. The Labute approximate surface area is 167 Å². The van der Waals surface area contributed by atoms with Gasteiger partial charge in [0, 0.05) is 11.6 Å². The molecule has 0 saturated carbocycles. The first-order valence-electron chi connectivity index (χ1n) is 9.99. The van der Waals surface area contributed by atoms with Crippen LogP contribution in [-0.2, 0) is 14.3 Å². The topological polar surface area (TPSA) is 55.8 Å². The van der Waals surface area contributed by atoms with Gasteiger partial charge in [-0.2, -0.15) is 8.42 Å². The van der Waals surface area contributed by atoms with E-state index in [2.05, 4.69) is 4.90 Å². The summed E-state index contributed by atoms with van der Waals surface area (Å²) in [5.41, 5.74) is 1.81. The van der Waals surface area contributed by atoms with Crippen LogP contribution in [0.1, 0.15) is 42.9 Å². The van der Waals surface area contributed by atoms with Crippen LogP contribution in [0.15, 0.2) is 53.4 Å². The van der Waals surface area contributed by atoms with E-state index < -0.39 is 16.2 Å². The predicted molar refractivity (Wildman–Crippen MR) is 108 cm³/mol. The van der Waals surface area contributed by atoms with Crippen molar-refractivity contribution in [1.29, 1.82) is 0 Å². The van der Waals surface area contributed by atoms with Crippen molar-refractivity contribution in [3.05, 3.63) is 59.7 Å². The zero-order valence-corrected chi connectivity index (χ0v) is 17.0. The van der Waals surface area contributed by atoms with E-state index in [0.717, 1.165) is 24.2 Å². The van der Waals surface area contributed by atoms with Gasteiger partial charge < -0.3 is 4.74 Å². The monoisotopic (exact) mass is 401 g/mol. The van der Waals surface area contributed by atoms with Gasteiger partial charge in [0.1, 0.15) is 18.5 Å². The average Bonchev–Trinajstić information content (AvgIpc) is 2.89. The Morgan fingerprint density at radius 1 is 1.00 bits per heavy atom. The van der Waals surface area contributed by atoms with Gasteiger partial charge in [-0.05, 0) is 57.5 Å². The van der Waals surface area contributed by atoms with Gasteiger partial charge in [-0.25, -0.2) is 0 Å². The van der Waals surface area contributed by atoms with Crippen molar-refractivity contribution in [3.8, 4) is 5.75 Å². The third-order valence-corrected chi connectivity index (χ3v) is 6.98. The summed E-state index contributed by atoms with van der Waals surface area (Å²) in [4.78, 5) is 2.61. The van der Waals surface area contributed by atoms with Crippen molar-refractivity contribution in [2.75, 3.05) is 19.7 Å². The Morgan fingerprint density at radius 3 is 2.46 bits per heavy atom. The Balaban J connectivity index is 1.62. The minimum atomic E-state index is -3.86. The highest BCUT2D eigenvalue weighted by atomic mass is 32.2. The smallest absolute Gasteiger partial charge is 0.297 e. The van der Waals surface area contributed by atoms with Gasteiger partial charge in [0.15, 0.2) is 0 Å². The van der Waals surface area contributed by atoms with E-state index in [1.807, 2.05) is 31.2 Å². The van der Waals surface area contributed by atoms with E-state index in [0.29, 0.717) is 18.8 Å². The quantitative estimate of drug-likeness (QED) is 0.723. The van der Waals surface area contributed by atoms with Crippen molar-refractivity contribution >= 4 is 10.1 Å². The van der Waals surface area contributed by atoms with Gasteiger partial charge >= 0.3 is 0 Å². The molecule has 2 aromatic rings. The molecular weight excluding hydrogens is 374 g/mol. The molecule has 4 rings (SSSR count). The number of aryl methyl sites for hydroxylation is 1. The van der Waals surface area contributed by atoms with Gasteiger partial charge in [0.05, 0.1) is 4.90 Å². The SMILES string of the molecule is Cc1ccc(S(=O)(=O)O[C@H]2C[C@H](N3CCCCC3)COc3ccccc32)cc1. The van der Waals surface area contributed by atoms with E-state index >= 15 is 0 Å². The number of fused-ring (bicyclic) bond motifs is 1. The summed E-state index contributed by atoms with van der Waals surface area (Å²) in [7, 11) is -3.86. The summed E-state index contributed by atoms with van der Waals surface area (Å²) in [6.07, 6.45) is 3.65. The average molecular weight is 402 g/mol. The molecule has 1 saturated heterocycles. The number of hydrogen-bond acceptors (Lipinski definition) is 5. The maximum absolute atomic E-state index is 12.9. The fourth-order valence-corrected chi connectivity index (χ4v) is 5.12. The highest BCUT2D eigenvalue weighted by molar-refractivity contribution is 7.86. The molecule has 2 atom stereocenters. The summed E-state index contributed by atoms with van der Waals surface area (Å²) in [6.45, 7) is 4.55. The van der Waals surface area contributed by atoms with E-state index in [1.54, 1.807) is 24.3 Å². The maximum Gasteiger partial charge on any atom is 0.297 e. The molecule has 6 heteroatoms. The molecule has 0 radical (unpaired) electrons. The predicted octanol–water partition coefficient (Wildman–Crippen LogP) is 4.08. The van der Waals surface area contributed by atoms with Crippen LogP contribution in [0.4, 0.5) is 0 Å². The standard InChI is InChI=1S/C22H27NO4S/c1-17-9-11-19(12-10-17)28(24,25)27-22-15-18(23-13-5-2-6-14-23)16-26-21-8-4-3-7-20(21)22/h3-4,7-12,18,22H,2,5-6,13-16H2,1H3/t18-,22-/m0/s1. The summed E-state index contributed by atoms with van der Waals surface area (Å²) < 4.78 is 37.7. The molecule has 0 bridgehead atoms. The zero-order valence-electron chi connectivity index (χ0n) is 16.2. The lowest BCUT2D eigenvalue weighted by atomic mass is 10.0. The minimum absolute atomic E-state index is 0.144. The first-order chi connectivity index (χ1) is 13.5. The molecule has 2 heterocycles. The van der Waals surface area contributed by atoms with Crippen LogP contribution in [0.3, 0.4) is 0 Å². The van der Waals surface area contributed by atoms with Crippen LogP contribution in [0.2, 0.25) is 0 Å². The van der Waals surface area contributed by atoms with E-state index in [4.69, 9.17) is 8.92 Å². The molecule has 0 unspecified atom stereocenters. The second-order valence-electron chi connectivity index (χ2n) is 7.69. The largest absolute Gasteiger partial charge is 0.492 e. The number of likely N-dealkylation sites (tertiary alicyclic amines) is 1. The van der Waals surface area contributed by atoms with Gasteiger partial charge in [0.2, 0.25) is 0 Å². The van der Waals surface area contributed by atoms with Crippen molar-refractivity contribution in [2.24, 2.45) is 0 Å². The number of piperidine rings is 1. The van der Waals surface area contributed by atoms with Gasteiger partial charge in [0.25, 0.3) is 10.1 Å². The summed E-state index contributed by atoms with van der Waals surface area (Å²) in [5, 5.41) is 0. The molecule has 2 aliphatic rings. The highest BCUT2D eigenvalue weighted by Gasteiger charge is 2.33. The number of nitrogens with zero attached hydrogens (tertiary/aromatic N) is 1. The van der Waals surface area contributed by atoms with E-state index in [1.165, 1.54) is 19.3 Å². The van der Waals surface area contributed by atoms with Crippen molar-refractivity contribution in [2.45, 2.75) is 49.6 Å². The molecule has 0 spiro atoms. The fraction of sp³-hybridized carbons (Fsp3) is 0.455. The van der Waals surface area contributed by atoms with Crippen molar-refractivity contribution in [1.82, 2.24) is 4.90 Å². The molecule has 0 aromatic heterocycles. The van der Waals surface area contributed by atoms with Gasteiger partial charge in [-0.3, -0.25) is 9.08 Å². The number of rotatable bonds is 4. The van der Waals surface area contributed by atoms with Crippen LogP contribution < -0.4 is 4.74 Å². The number of para-hydroxylation sites is 1. The van der Waals surface area contributed by atoms with Crippen LogP contribution in [-0.4, -0.2) is 39.1 Å². The Bertz CT molecular complexity index is 904. The molecule has 1 fully saturated rings. The van der Waals surface area contributed by atoms with Crippen LogP contribution in [0, 0.1) is 6.92 Å². The summed E-state index contributed by atoms with van der Waals surface area (Å²) in [6, 6.07) is 14.5. The van der Waals surface area contributed by atoms with Crippen molar-refractivity contribution in [3.63, 3.8) is 0 Å². The number of benzene rings is 2. The first-order valence-corrected chi connectivity index (χ1v) is 11.4. The lowest BCUT2D eigenvalue weighted by molar-refractivity contribution is 0.0858. The number of ether oxygens (including phenoxy) is 1. The third kappa shape index (κ3) is 4.24. The molecular formula is C22H27NO4S. The third-order valence-electron chi connectivity index (χ3n) is 5.64. The molecule has 0 N–H and O–H groups in total. The van der Waals surface area contributed by atoms with E-state index in [9.17, 15) is 8.42 Å². The maximum atomic E-state index is 12.9. The van der Waals surface area contributed by atoms with Gasteiger partial charge in [-0.15, -0.1) is 0 Å². The van der Waals surface area contributed by atoms with Crippen LogP contribution in [0.5, 0.6) is 5.75 Å². The molecule has 0 aliphatic carbocycles. The Kier molecular flexibility index (Phi) is 5.71. The Morgan fingerprint density at radius 2 is 1.71 bits per heavy atom. The lowest BCUT2D eigenvalue weighted by Crippen LogP contribution is -2.43. The van der Waals surface area contributed by atoms with E-state index in [-0.39, 0.29) is 10.9 Å². The Hall–Kier alpha value is -1.89. The van der Waals surface area contributed by atoms with Crippen molar-refractivity contribution < 1.29 is 17.3 Å². The molecule has 2 aromatic carbocycles. The molecule has 28 heavy (non-hydrogen) atoms. The van der Waals surface area contributed by atoms with Crippen LogP contribution in [0.25, 0.3) is 0 Å². The first kappa shape index (κ1) is 19.4.